The van der Waals surface area contributed by atoms with Gasteiger partial charge in [0.2, 0.25) is 16.6 Å². The fourth-order valence-corrected chi connectivity index (χ4v) is 3.52. The van der Waals surface area contributed by atoms with Crippen LogP contribution in [0.15, 0.2) is 23.7 Å². The number of ether oxygens (including phenoxy) is 1. The Bertz CT molecular complexity index is 426. The number of allylic oxidation sites excluding steroid dienone is 1. The summed E-state index contributed by atoms with van der Waals surface area (Å²) in [7, 11) is -3.68. The van der Waals surface area contributed by atoms with Gasteiger partial charge in [-0.15, -0.1) is 0 Å². The molecule has 0 rings (SSSR count). The van der Waals surface area contributed by atoms with Gasteiger partial charge in [-0.1, -0.05) is 6.58 Å². The van der Waals surface area contributed by atoms with Crippen molar-refractivity contribution < 1.29 is 18.4 Å². The summed E-state index contributed by atoms with van der Waals surface area (Å²) in [6.07, 6.45) is -0.202. The van der Waals surface area contributed by atoms with Gasteiger partial charge < -0.3 is 13.6 Å². The van der Waals surface area contributed by atoms with Crippen molar-refractivity contribution in [1.29, 1.82) is 0 Å². The molecule has 0 aliphatic carbocycles. The smallest absolute Gasteiger partial charge is 0.345 e. The molecule has 0 atom stereocenters. The Kier molecular flexibility index (Phi) is 6.95. The molecule has 0 N–H and O–H groups in total. The van der Waals surface area contributed by atoms with Gasteiger partial charge in [0.05, 0.1) is 11.9 Å². The Morgan fingerprint density at radius 3 is 1.71 bits per heavy atom. The van der Waals surface area contributed by atoms with Crippen molar-refractivity contribution in [3.63, 3.8) is 0 Å². The Labute approximate surface area is 131 Å². The number of rotatable bonds is 7. The van der Waals surface area contributed by atoms with Gasteiger partial charge in [-0.3, -0.25) is 0 Å². The molecule has 4 nitrogen and oxygen atoms in total. The molecule has 0 heterocycles. The van der Waals surface area contributed by atoms with Crippen molar-refractivity contribution in [3.05, 3.63) is 23.7 Å². The molecule has 0 saturated carbocycles. The molecule has 0 bridgehead atoms. The number of hydrogen-bond donors (Lipinski definition) is 0. The van der Waals surface area contributed by atoms with Crippen LogP contribution in [0.4, 0.5) is 0 Å². The highest BCUT2D eigenvalue weighted by Crippen LogP contribution is 2.24. The average molecular weight is 331 g/mol. The standard InChI is InChI=1S/C15H30O4Si2/c1-11(2)17-15(16)14(12(3)18-20(5,6)7)13(4)19-21(8,9)10/h11H,3H2,1-2,4-10H3. The predicted octanol–water partition coefficient (Wildman–Crippen LogP) is 4.43. The molecule has 0 radical (unpaired) electrons. The van der Waals surface area contributed by atoms with E-state index < -0.39 is 22.6 Å². The summed E-state index contributed by atoms with van der Waals surface area (Å²) in [5.74, 6) is 0.433. The number of hydrogen-bond acceptors (Lipinski definition) is 4. The fourth-order valence-electron chi connectivity index (χ4n) is 1.66. The first-order chi connectivity index (χ1) is 9.23. The molecule has 21 heavy (non-hydrogen) atoms. The van der Waals surface area contributed by atoms with Crippen LogP contribution in [0.3, 0.4) is 0 Å². The van der Waals surface area contributed by atoms with Crippen molar-refractivity contribution in [2.75, 3.05) is 0 Å². The molecule has 0 saturated heterocycles. The fraction of sp³-hybridized carbons (Fsp3) is 0.667. The van der Waals surface area contributed by atoms with E-state index in [2.05, 4.69) is 26.2 Å². The largest absolute Gasteiger partial charge is 0.547 e. The van der Waals surface area contributed by atoms with Crippen LogP contribution < -0.4 is 0 Å². The maximum absolute atomic E-state index is 12.3. The van der Waals surface area contributed by atoms with E-state index >= 15 is 0 Å². The summed E-state index contributed by atoms with van der Waals surface area (Å²) in [4.78, 5) is 12.3. The molecule has 122 valence electrons. The van der Waals surface area contributed by atoms with Gasteiger partial charge in [-0.2, -0.15) is 0 Å². The minimum Gasteiger partial charge on any atom is -0.547 e. The van der Waals surface area contributed by atoms with E-state index in [0.717, 1.165) is 0 Å². The van der Waals surface area contributed by atoms with Gasteiger partial charge >= 0.3 is 5.97 Å². The van der Waals surface area contributed by atoms with E-state index in [0.29, 0.717) is 17.1 Å². The van der Waals surface area contributed by atoms with E-state index in [1.54, 1.807) is 6.92 Å². The van der Waals surface area contributed by atoms with Crippen LogP contribution in [0.5, 0.6) is 0 Å². The minimum absolute atomic E-state index is 0.202. The van der Waals surface area contributed by atoms with Crippen LogP contribution in [0.25, 0.3) is 0 Å². The zero-order valence-corrected chi connectivity index (χ0v) is 16.9. The Balaban J connectivity index is 5.52. The second kappa shape index (κ2) is 7.31. The van der Waals surface area contributed by atoms with Gasteiger partial charge in [0.25, 0.3) is 0 Å². The van der Waals surface area contributed by atoms with Gasteiger partial charge in [0.15, 0.2) is 0 Å². The first-order valence-corrected chi connectivity index (χ1v) is 14.0. The molecular weight excluding hydrogens is 300 g/mol. The second-order valence-corrected chi connectivity index (χ2v) is 16.1. The SMILES string of the molecule is C=C(O[Si](C)(C)C)C(C(=O)OC(C)C)=C(C)O[Si](C)(C)C. The zero-order valence-electron chi connectivity index (χ0n) is 14.9. The molecule has 0 amide bonds. The highest BCUT2D eigenvalue weighted by molar-refractivity contribution is 6.70. The van der Waals surface area contributed by atoms with Crippen LogP contribution >= 0.6 is 0 Å². The predicted molar refractivity (Wildman–Crippen MR) is 91.9 cm³/mol. The van der Waals surface area contributed by atoms with Gasteiger partial charge in [0.1, 0.15) is 11.3 Å². The topological polar surface area (TPSA) is 44.8 Å². The first kappa shape index (κ1) is 20.0. The van der Waals surface area contributed by atoms with Crippen LogP contribution in [-0.2, 0) is 18.4 Å². The summed E-state index contributed by atoms with van der Waals surface area (Å²) >= 11 is 0. The maximum atomic E-state index is 12.3. The van der Waals surface area contributed by atoms with Gasteiger partial charge in [0, 0.05) is 0 Å². The lowest BCUT2D eigenvalue weighted by molar-refractivity contribution is -0.142. The normalized spacial score (nSPS) is 13.6. The monoisotopic (exact) mass is 330 g/mol. The van der Waals surface area contributed by atoms with Crippen molar-refractivity contribution in [3.8, 4) is 0 Å². The van der Waals surface area contributed by atoms with E-state index in [9.17, 15) is 4.79 Å². The summed E-state index contributed by atoms with van der Waals surface area (Å²) in [6, 6.07) is 0. The van der Waals surface area contributed by atoms with Crippen LogP contribution in [0.2, 0.25) is 39.3 Å². The second-order valence-electron chi connectivity index (χ2n) is 7.24. The van der Waals surface area contributed by atoms with E-state index in [-0.39, 0.29) is 6.10 Å². The van der Waals surface area contributed by atoms with Gasteiger partial charge in [-0.25, -0.2) is 4.79 Å². The van der Waals surface area contributed by atoms with E-state index in [1.165, 1.54) is 0 Å². The van der Waals surface area contributed by atoms with Crippen LogP contribution in [0, 0.1) is 0 Å². The molecule has 0 aliphatic rings. The van der Waals surface area contributed by atoms with Crippen LogP contribution in [0.1, 0.15) is 20.8 Å². The highest BCUT2D eigenvalue weighted by Gasteiger charge is 2.28. The molecule has 0 aromatic rings. The third-order valence-corrected chi connectivity index (χ3v) is 3.84. The number of carbonyl (C=O) groups excluding carboxylic acids is 1. The molecule has 0 aliphatic heterocycles. The molecular formula is C15H30O4Si2. The maximum Gasteiger partial charge on any atom is 0.345 e. The zero-order chi connectivity index (χ0) is 17.0. The lowest BCUT2D eigenvalue weighted by atomic mass is 10.2. The quantitative estimate of drug-likeness (QED) is 0.228. The third-order valence-electron chi connectivity index (χ3n) is 2.07. The minimum atomic E-state index is -1.86. The van der Waals surface area contributed by atoms with Crippen molar-refractivity contribution >= 4 is 22.6 Å². The Hall–Kier alpha value is -1.02. The summed E-state index contributed by atoms with van der Waals surface area (Å²) in [5.41, 5.74) is 0.313. The third kappa shape index (κ3) is 8.77. The summed E-state index contributed by atoms with van der Waals surface area (Å²) in [6.45, 7) is 21.6. The number of carbonyl (C=O) groups is 1. The Morgan fingerprint density at radius 2 is 1.38 bits per heavy atom. The average Bonchev–Trinajstić information content (AvgIpc) is 2.08. The molecule has 0 fully saturated rings. The molecule has 0 aromatic carbocycles. The molecule has 0 unspecified atom stereocenters. The van der Waals surface area contributed by atoms with E-state index in [4.69, 9.17) is 13.6 Å². The number of esters is 1. The Morgan fingerprint density at radius 1 is 0.952 bits per heavy atom. The highest BCUT2D eigenvalue weighted by atomic mass is 28.4. The van der Waals surface area contributed by atoms with Crippen molar-refractivity contribution in [2.24, 2.45) is 0 Å². The van der Waals surface area contributed by atoms with Gasteiger partial charge in [-0.05, 0) is 60.1 Å². The first-order valence-electron chi connectivity index (χ1n) is 7.22. The van der Waals surface area contributed by atoms with Crippen LogP contribution in [-0.4, -0.2) is 28.7 Å². The lowest BCUT2D eigenvalue weighted by Gasteiger charge is -2.26. The van der Waals surface area contributed by atoms with Crippen molar-refractivity contribution in [1.82, 2.24) is 0 Å². The molecule has 6 heteroatoms. The van der Waals surface area contributed by atoms with Crippen molar-refractivity contribution in [2.45, 2.75) is 66.2 Å². The molecule has 0 spiro atoms. The summed E-state index contributed by atoms with van der Waals surface area (Å²) in [5, 5.41) is 0. The molecule has 0 aromatic heterocycles. The lowest BCUT2D eigenvalue weighted by Crippen LogP contribution is -2.29. The summed E-state index contributed by atoms with van der Waals surface area (Å²) < 4.78 is 17.1. The van der Waals surface area contributed by atoms with E-state index in [1.807, 2.05) is 33.5 Å².